The summed E-state index contributed by atoms with van der Waals surface area (Å²) in [5.41, 5.74) is 4.62. The number of nitrogens with one attached hydrogen (secondary N) is 2. The van der Waals surface area contributed by atoms with Gasteiger partial charge in [-0.1, -0.05) is 36.4 Å². The number of hydrogen-bond acceptors (Lipinski definition) is 8. The Bertz CT molecular complexity index is 1330. The molecule has 37 heavy (non-hydrogen) atoms. The molecule has 1 saturated heterocycles. The Hall–Kier alpha value is -3.02. The van der Waals surface area contributed by atoms with Crippen LogP contribution in [0, 0.1) is 5.41 Å². The third kappa shape index (κ3) is 5.07. The number of carbonyl (C=O) groups is 2. The molecule has 4 rings (SSSR count). The summed E-state index contributed by atoms with van der Waals surface area (Å²) in [6.45, 7) is 7.49. The minimum Gasteiger partial charge on any atom is -0.509 e. The standard InChI is InChI=1S/C25H31ClN6O4S/c1-24(2)19(33)17(23(36)31(24)4)21(34)29-14-6-5-7-15(18(14)26)37-16-12-28-20(22(35)30-16)32-10-8-25(3,13-27)9-11-32/h5-7,12,33H,8-11,13,27H2,1-4H3,(H,29,34)(H,30,35). The van der Waals surface area contributed by atoms with Gasteiger partial charge in [0.2, 0.25) is 0 Å². The molecule has 2 aromatic rings. The second-order valence-corrected chi connectivity index (χ2v) is 11.7. The number of H-pyrrole nitrogens is 1. The summed E-state index contributed by atoms with van der Waals surface area (Å²) in [5, 5.41) is 13.8. The molecule has 1 fully saturated rings. The molecule has 0 radical (unpaired) electrons. The van der Waals surface area contributed by atoms with Gasteiger partial charge in [-0.25, -0.2) is 4.98 Å². The van der Waals surface area contributed by atoms with Gasteiger partial charge in [0.1, 0.15) is 11.3 Å². The first kappa shape index (κ1) is 27.0. The van der Waals surface area contributed by atoms with Crippen molar-refractivity contribution in [2.75, 3.05) is 36.9 Å². The van der Waals surface area contributed by atoms with Crippen LogP contribution in [-0.2, 0) is 9.59 Å². The first-order chi connectivity index (χ1) is 17.4. The van der Waals surface area contributed by atoms with Crippen LogP contribution in [-0.4, -0.2) is 64.0 Å². The van der Waals surface area contributed by atoms with E-state index in [1.54, 1.807) is 38.2 Å². The smallest absolute Gasteiger partial charge is 0.291 e. The molecular weight excluding hydrogens is 516 g/mol. The Morgan fingerprint density at radius 2 is 1.95 bits per heavy atom. The fourth-order valence-electron chi connectivity index (χ4n) is 4.30. The fraction of sp³-hybridized carbons (Fsp3) is 0.440. The van der Waals surface area contributed by atoms with Crippen LogP contribution in [0.2, 0.25) is 5.02 Å². The largest absolute Gasteiger partial charge is 0.509 e. The van der Waals surface area contributed by atoms with Crippen molar-refractivity contribution in [2.45, 2.75) is 49.1 Å². The number of hydrogen-bond donors (Lipinski definition) is 4. The molecule has 5 N–H and O–H groups in total. The normalized spacial score (nSPS) is 18.9. The van der Waals surface area contributed by atoms with Crippen LogP contribution >= 0.6 is 23.4 Å². The molecule has 0 saturated carbocycles. The summed E-state index contributed by atoms with van der Waals surface area (Å²) in [5.74, 6) is -1.26. The summed E-state index contributed by atoms with van der Waals surface area (Å²) < 4.78 is 0. The highest BCUT2D eigenvalue weighted by atomic mass is 35.5. The second-order valence-electron chi connectivity index (χ2n) is 10.2. The maximum absolute atomic E-state index is 12.9. The van der Waals surface area contributed by atoms with Gasteiger partial charge in [0.05, 0.1) is 27.5 Å². The maximum atomic E-state index is 12.9. The molecule has 2 amide bonds. The van der Waals surface area contributed by atoms with Crippen molar-refractivity contribution in [1.82, 2.24) is 14.9 Å². The third-order valence-electron chi connectivity index (χ3n) is 7.34. The van der Waals surface area contributed by atoms with Crippen molar-refractivity contribution in [1.29, 1.82) is 0 Å². The number of nitrogens with zero attached hydrogens (tertiary/aromatic N) is 3. The lowest BCUT2D eigenvalue weighted by Gasteiger charge is -2.38. The van der Waals surface area contributed by atoms with E-state index < -0.39 is 17.4 Å². The van der Waals surface area contributed by atoms with E-state index in [-0.39, 0.29) is 33.0 Å². The van der Waals surface area contributed by atoms with Crippen LogP contribution in [0.3, 0.4) is 0 Å². The predicted molar refractivity (Wildman–Crippen MR) is 144 cm³/mol. The number of carbonyl (C=O) groups excluding carboxylic acids is 2. The number of aromatic amines is 1. The van der Waals surface area contributed by atoms with Gasteiger partial charge in [-0.05, 0) is 50.8 Å². The van der Waals surface area contributed by atoms with Crippen molar-refractivity contribution < 1.29 is 14.7 Å². The fourth-order valence-corrected chi connectivity index (χ4v) is 5.42. The van der Waals surface area contributed by atoms with E-state index in [0.717, 1.165) is 12.8 Å². The molecule has 0 spiro atoms. The van der Waals surface area contributed by atoms with Gasteiger partial charge in [-0.15, -0.1) is 0 Å². The van der Waals surface area contributed by atoms with Gasteiger partial charge in [-0.3, -0.25) is 14.4 Å². The number of amides is 2. The summed E-state index contributed by atoms with van der Waals surface area (Å²) in [6, 6.07) is 5.01. The highest BCUT2D eigenvalue weighted by Gasteiger charge is 2.46. The van der Waals surface area contributed by atoms with Crippen LogP contribution in [0.4, 0.5) is 11.5 Å². The zero-order valence-corrected chi connectivity index (χ0v) is 22.8. The van der Waals surface area contributed by atoms with Crippen LogP contribution in [0.15, 0.2) is 50.4 Å². The molecule has 2 aliphatic heterocycles. The Balaban J connectivity index is 1.50. The molecule has 1 aromatic heterocycles. The van der Waals surface area contributed by atoms with Crippen molar-refractivity contribution in [3.05, 3.63) is 51.1 Å². The number of aliphatic hydroxyl groups excluding tert-OH is 1. The number of anilines is 2. The van der Waals surface area contributed by atoms with Crippen molar-refractivity contribution >= 4 is 46.7 Å². The lowest BCUT2D eigenvalue weighted by Crippen LogP contribution is -2.44. The van der Waals surface area contributed by atoms with Gasteiger partial charge in [0, 0.05) is 25.0 Å². The molecule has 2 aliphatic rings. The number of aromatic nitrogens is 2. The third-order valence-corrected chi connectivity index (χ3v) is 8.85. The van der Waals surface area contributed by atoms with Gasteiger partial charge in [0.25, 0.3) is 17.4 Å². The molecule has 0 unspecified atom stereocenters. The van der Waals surface area contributed by atoms with Crippen LogP contribution in [0.1, 0.15) is 33.6 Å². The summed E-state index contributed by atoms with van der Waals surface area (Å²) in [4.78, 5) is 49.3. The highest BCUT2D eigenvalue weighted by Crippen LogP contribution is 2.38. The molecule has 1 aromatic carbocycles. The number of piperidine rings is 1. The molecule has 3 heterocycles. The number of aliphatic hydroxyl groups is 1. The molecule has 198 valence electrons. The Kier molecular flexibility index (Phi) is 7.33. The molecule has 0 bridgehead atoms. The van der Waals surface area contributed by atoms with Gasteiger partial charge in [-0.2, -0.15) is 0 Å². The van der Waals surface area contributed by atoms with E-state index in [9.17, 15) is 19.5 Å². The number of benzene rings is 1. The van der Waals surface area contributed by atoms with E-state index in [2.05, 4.69) is 22.2 Å². The van der Waals surface area contributed by atoms with E-state index in [4.69, 9.17) is 17.3 Å². The van der Waals surface area contributed by atoms with E-state index in [0.29, 0.717) is 35.4 Å². The summed E-state index contributed by atoms with van der Waals surface area (Å²) >= 11 is 7.75. The van der Waals surface area contributed by atoms with E-state index in [1.165, 1.54) is 23.7 Å². The average molecular weight is 547 g/mol. The summed E-state index contributed by atoms with van der Waals surface area (Å²) in [7, 11) is 1.52. The van der Waals surface area contributed by atoms with Gasteiger partial charge < -0.3 is 30.9 Å². The Labute approximate surface area is 224 Å². The molecular formula is C25H31ClN6O4S. The number of likely N-dealkylation sites (N-methyl/N-ethyl adjacent to an activating group) is 1. The van der Waals surface area contributed by atoms with Crippen molar-refractivity contribution in [3.8, 4) is 0 Å². The quantitative estimate of drug-likeness (QED) is 0.404. The number of halogens is 1. The highest BCUT2D eigenvalue weighted by molar-refractivity contribution is 7.99. The van der Waals surface area contributed by atoms with Gasteiger partial charge in [0.15, 0.2) is 5.82 Å². The SMILES string of the molecule is CN1C(=O)C(C(=O)Nc2cccc(Sc3cnc(N4CCC(C)(CN)CC4)c(=O)[nH]3)c2Cl)=C(O)C1(C)C. The minimum atomic E-state index is -0.992. The first-order valence-corrected chi connectivity index (χ1v) is 13.1. The van der Waals surface area contributed by atoms with Gasteiger partial charge >= 0.3 is 0 Å². The Morgan fingerprint density at radius 3 is 2.51 bits per heavy atom. The molecule has 0 atom stereocenters. The number of rotatable bonds is 6. The Morgan fingerprint density at radius 1 is 1.27 bits per heavy atom. The lowest BCUT2D eigenvalue weighted by atomic mass is 9.80. The maximum Gasteiger partial charge on any atom is 0.291 e. The van der Waals surface area contributed by atoms with Crippen molar-refractivity contribution in [2.24, 2.45) is 11.1 Å². The van der Waals surface area contributed by atoms with Crippen LogP contribution in [0.25, 0.3) is 0 Å². The van der Waals surface area contributed by atoms with Crippen LogP contribution in [0.5, 0.6) is 0 Å². The summed E-state index contributed by atoms with van der Waals surface area (Å²) in [6.07, 6.45) is 3.37. The average Bonchev–Trinajstić information content (AvgIpc) is 3.01. The molecule has 12 heteroatoms. The van der Waals surface area contributed by atoms with Crippen molar-refractivity contribution in [3.63, 3.8) is 0 Å². The number of nitrogens with two attached hydrogens (primary N) is 1. The van der Waals surface area contributed by atoms with Crippen LogP contribution < -0.4 is 21.5 Å². The zero-order chi connectivity index (χ0) is 27.1. The topological polar surface area (TPSA) is 145 Å². The van der Waals surface area contributed by atoms with E-state index in [1.807, 2.05) is 4.90 Å². The minimum absolute atomic E-state index is 0.0860. The monoisotopic (exact) mass is 546 g/mol. The predicted octanol–water partition coefficient (Wildman–Crippen LogP) is 3.14. The molecule has 10 nitrogen and oxygen atoms in total. The lowest BCUT2D eigenvalue weighted by molar-refractivity contribution is -0.129. The first-order valence-electron chi connectivity index (χ1n) is 11.9. The zero-order valence-electron chi connectivity index (χ0n) is 21.2. The molecule has 0 aliphatic carbocycles. The second kappa shape index (κ2) is 10.0. The van der Waals surface area contributed by atoms with E-state index >= 15 is 0 Å².